The zero-order valence-electron chi connectivity index (χ0n) is 13.7. The summed E-state index contributed by atoms with van der Waals surface area (Å²) < 4.78 is 6.93. The third-order valence-corrected chi connectivity index (χ3v) is 4.71. The first-order chi connectivity index (χ1) is 12.1. The van der Waals surface area contributed by atoms with Gasteiger partial charge in [-0.25, -0.2) is 0 Å². The molecule has 3 rings (SSSR count). The van der Waals surface area contributed by atoms with Gasteiger partial charge in [-0.3, -0.25) is 4.99 Å². The lowest BCUT2D eigenvalue weighted by atomic mass is 10.2. The first kappa shape index (κ1) is 17.7. The molecule has 0 atom stereocenters. The van der Waals surface area contributed by atoms with E-state index < -0.39 is 0 Å². The van der Waals surface area contributed by atoms with Gasteiger partial charge in [0.2, 0.25) is 0 Å². The van der Waals surface area contributed by atoms with E-state index in [2.05, 4.69) is 20.9 Å². The van der Waals surface area contributed by atoms with Crippen LogP contribution in [0.5, 0.6) is 5.75 Å². The quantitative estimate of drug-likeness (QED) is 0.424. The maximum absolute atomic E-state index is 6.13. The number of aliphatic imine (C=N–C) groups is 1. The first-order valence-corrected chi connectivity index (χ1v) is 9.05. The molecule has 0 aromatic heterocycles. The van der Waals surface area contributed by atoms with Crippen molar-refractivity contribution in [3.8, 4) is 5.75 Å². The summed E-state index contributed by atoms with van der Waals surface area (Å²) in [6.07, 6.45) is 1.82. The summed E-state index contributed by atoms with van der Waals surface area (Å²) in [5, 5.41) is 0.723. The largest absolute Gasteiger partial charge is 0.489 e. The number of hydrogen-bond donors (Lipinski definition) is 0. The van der Waals surface area contributed by atoms with Gasteiger partial charge >= 0.3 is 0 Å². The molecule has 0 heterocycles. The first-order valence-electron chi connectivity index (χ1n) is 7.88. The summed E-state index contributed by atoms with van der Waals surface area (Å²) in [5.74, 6) is 0.815. The lowest BCUT2D eigenvalue weighted by Crippen LogP contribution is -1.95. The van der Waals surface area contributed by atoms with Crippen LogP contribution in [-0.2, 0) is 6.61 Å². The fraction of sp³-hybridized carbons (Fsp3) is 0.0952. The van der Waals surface area contributed by atoms with Gasteiger partial charge in [0.25, 0.3) is 0 Å². The molecule has 0 saturated carbocycles. The van der Waals surface area contributed by atoms with Crippen molar-refractivity contribution >= 4 is 39.4 Å². The van der Waals surface area contributed by atoms with Crippen LogP contribution in [0.3, 0.4) is 0 Å². The molecule has 0 N–H and O–H groups in total. The van der Waals surface area contributed by atoms with Gasteiger partial charge in [-0.1, -0.05) is 57.9 Å². The fourth-order valence-electron chi connectivity index (χ4n) is 2.31. The zero-order chi connectivity index (χ0) is 17.6. The minimum Gasteiger partial charge on any atom is -0.489 e. The second kappa shape index (κ2) is 8.32. The van der Waals surface area contributed by atoms with Crippen molar-refractivity contribution < 1.29 is 4.74 Å². The average molecular weight is 415 g/mol. The molecule has 3 aromatic carbocycles. The van der Waals surface area contributed by atoms with E-state index in [1.807, 2.05) is 79.9 Å². The Balaban J connectivity index is 1.69. The molecule has 4 heteroatoms. The van der Waals surface area contributed by atoms with Crippen molar-refractivity contribution in [2.24, 2.45) is 4.99 Å². The van der Waals surface area contributed by atoms with Gasteiger partial charge in [0.1, 0.15) is 12.4 Å². The van der Waals surface area contributed by atoms with Gasteiger partial charge in [-0.05, 0) is 60.0 Å². The summed E-state index contributed by atoms with van der Waals surface area (Å²) in [5.41, 5.74) is 3.95. The molecule has 0 radical (unpaired) electrons. The standard InChI is InChI=1S/C21H17BrClNO/c1-15-20(23)6-3-7-21(15)24-13-17-4-2-5-19(12-17)25-14-16-8-10-18(22)11-9-16/h2-13H,14H2,1H3. The summed E-state index contributed by atoms with van der Waals surface area (Å²) in [6, 6.07) is 21.7. The van der Waals surface area contributed by atoms with Gasteiger partial charge < -0.3 is 4.74 Å². The van der Waals surface area contributed by atoms with Crippen molar-refractivity contribution in [1.29, 1.82) is 0 Å². The van der Waals surface area contributed by atoms with E-state index in [9.17, 15) is 0 Å². The van der Waals surface area contributed by atoms with E-state index in [4.69, 9.17) is 16.3 Å². The van der Waals surface area contributed by atoms with Crippen LogP contribution in [0.4, 0.5) is 5.69 Å². The third kappa shape index (κ3) is 4.94. The Morgan fingerprint density at radius 1 is 1.04 bits per heavy atom. The van der Waals surface area contributed by atoms with Crippen molar-refractivity contribution in [3.05, 3.63) is 92.9 Å². The normalized spacial score (nSPS) is 11.0. The summed E-state index contributed by atoms with van der Waals surface area (Å²) in [4.78, 5) is 4.54. The Morgan fingerprint density at radius 2 is 1.80 bits per heavy atom. The molecule has 0 aliphatic carbocycles. The highest BCUT2D eigenvalue weighted by Crippen LogP contribution is 2.25. The summed E-state index contributed by atoms with van der Waals surface area (Å²) in [7, 11) is 0. The van der Waals surface area contributed by atoms with Crippen molar-refractivity contribution in [1.82, 2.24) is 0 Å². The topological polar surface area (TPSA) is 21.6 Å². The molecule has 0 fully saturated rings. The molecule has 0 aliphatic rings. The van der Waals surface area contributed by atoms with Crippen LogP contribution in [0, 0.1) is 6.92 Å². The van der Waals surface area contributed by atoms with Crippen molar-refractivity contribution in [3.63, 3.8) is 0 Å². The lowest BCUT2D eigenvalue weighted by molar-refractivity contribution is 0.306. The number of halogens is 2. The monoisotopic (exact) mass is 413 g/mol. The number of rotatable bonds is 5. The molecule has 2 nitrogen and oxygen atoms in total. The Morgan fingerprint density at radius 3 is 2.60 bits per heavy atom. The predicted octanol–water partition coefficient (Wildman–Crippen LogP) is 6.74. The second-order valence-electron chi connectivity index (χ2n) is 5.63. The maximum Gasteiger partial charge on any atom is 0.120 e. The highest BCUT2D eigenvalue weighted by Gasteiger charge is 2.01. The second-order valence-corrected chi connectivity index (χ2v) is 6.95. The van der Waals surface area contributed by atoms with Crippen LogP contribution in [0.2, 0.25) is 5.02 Å². The zero-order valence-corrected chi connectivity index (χ0v) is 16.1. The Bertz CT molecular complexity index is 891. The minimum atomic E-state index is 0.529. The van der Waals surface area contributed by atoms with Crippen molar-refractivity contribution in [2.45, 2.75) is 13.5 Å². The average Bonchev–Trinajstić information content (AvgIpc) is 2.63. The Kier molecular flexibility index (Phi) is 5.90. The molecular formula is C21H17BrClNO. The van der Waals surface area contributed by atoms with Gasteiger partial charge in [-0.2, -0.15) is 0 Å². The highest BCUT2D eigenvalue weighted by molar-refractivity contribution is 9.10. The van der Waals surface area contributed by atoms with Crippen LogP contribution in [0.25, 0.3) is 0 Å². The Hall–Kier alpha value is -2.10. The van der Waals surface area contributed by atoms with E-state index in [-0.39, 0.29) is 0 Å². The van der Waals surface area contributed by atoms with Crippen molar-refractivity contribution in [2.75, 3.05) is 0 Å². The molecule has 0 amide bonds. The lowest BCUT2D eigenvalue weighted by Gasteiger charge is -2.07. The number of hydrogen-bond acceptors (Lipinski definition) is 2. The van der Waals surface area contributed by atoms with E-state index in [1.54, 1.807) is 0 Å². The number of ether oxygens (including phenoxy) is 1. The molecule has 0 aliphatic heterocycles. The summed E-state index contributed by atoms with van der Waals surface area (Å²) >= 11 is 9.57. The molecule has 3 aromatic rings. The van der Waals surface area contributed by atoms with Gasteiger partial charge in [0.05, 0.1) is 5.69 Å². The maximum atomic E-state index is 6.13. The number of nitrogens with zero attached hydrogens (tertiary/aromatic N) is 1. The van der Waals surface area contributed by atoms with E-state index in [1.165, 1.54) is 0 Å². The minimum absolute atomic E-state index is 0.529. The highest BCUT2D eigenvalue weighted by atomic mass is 79.9. The van der Waals surface area contributed by atoms with Gasteiger partial charge in [0, 0.05) is 15.7 Å². The molecule has 126 valence electrons. The smallest absolute Gasteiger partial charge is 0.120 e. The molecule has 25 heavy (non-hydrogen) atoms. The molecule has 0 bridgehead atoms. The Labute approximate surface area is 161 Å². The SMILES string of the molecule is Cc1c(Cl)cccc1N=Cc1cccc(OCc2ccc(Br)cc2)c1. The fourth-order valence-corrected chi connectivity index (χ4v) is 2.75. The molecule has 0 unspecified atom stereocenters. The van der Waals surface area contributed by atoms with Gasteiger partial charge in [0.15, 0.2) is 0 Å². The third-order valence-electron chi connectivity index (χ3n) is 3.77. The van der Waals surface area contributed by atoms with Crippen LogP contribution < -0.4 is 4.74 Å². The van der Waals surface area contributed by atoms with Gasteiger partial charge in [-0.15, -0.1) is 0 Å². The van der Waals surface area contributed by atoms with Crippen LogP contribution in [0.15, 0.2) is 76.2 Å². The molecular weight excluding hydrogens is 398 g/mol. The van der Waals surface area contributed by atoms with Crippen LogP contribution in [0.1, 0.15) is 16.7 Å². The summed E-state index contributed by atoms with van der Waals surface area (Å²) in [6.45, 7) is 2.49. The van der Waals surface area contributed by atoms with Crippen LogP contribution >= 0.6 is 27.5 Å². The van der Waals surface area contributed by atoms with E-state index in [0.29, 0.717) is 6.61 Å². The predicted molar refractivity (Wildman–Crippen MR) is 108 cm³/mol. The van der Waals surface area contributed by atoms with Crippen LogP contribution in [-0.4, -0.2) is 6.21 Å². The molecule has 0 spiro atoms. The van der Waals surface area contributed by atoms with E-state index in [0.717, 1.165) is 37.6 Å². The van der Waals surface area contributed by atoms with E-state index >= 15 is 0 Å². The number of benzene rings is 3. The molecule has 0 saturated heterocycles.